The van der Waals surface area contributed by atoms with Gasteiger partial charge in [-0.2, -0.15) is 0 Å². The molecule has 1 N–H and O–H groups in total. The fraction of sp³-hybridized carbons (Fsp3) is 1.00. The molecule has 0 amide bonds. The van der Waals surface area contributed by atoms with Crippen molar-refractivity contribution in [3.63, 3.8) is 0 Å². The Morgan fingerprint density at radius 2 is 2.08 bits per heavy atom. The molecule has 0 saturated carbocycles. The van der Waals surface area contributed by atoms with E-state index in [1.165, 1.54) is 45.2 Å². The number of hydrogen-bond donors (Lipinski definition) is 1. The Labute approximate surface area is 80.9 Å². The molecule has 2 aliphatic rings. The van der Waals surface area contributed by atoms with Crippen molar-refractivity contribution in [1.82, 2.24) is 4.90 Å². The average molecular weight is 183 g/mol. The molecule has 2 saturated heterocycles. The third kappa shape index (κ3) is 1.50. The summed E-state index contributed by atoms with van der Waals surface area (Å²) < 4.78 is 0. The van der Waals surface area contributed by atoms with Gasteiger partial charge in [-0.3, -0.25) is 4.90 Å². The molecule has 2 aliphatic heterocycles. The Bertz CT molecular complexity index is 172. The lowest BCUT2D eigenvalue weighted by molar-refractivity contribution is -0.0416. The second-order valence-corrected chi connectivity index (χ2v) is 4.82. The predicted molar refractivity (Wildman–Crippen MR) is 53.6 cm³/mol. The molecule has 2 heterocycles. The van der Waals surface area contributed by atoms with E-state index in [4.69, 9.17) is 0 Å². The van der Waals surface area contributed by atoms with Crippen LogP contribution >= 0.6 is 0 Å². The Morgan fingerprint density at radius 1 is 1.31 bits per heavy atom. The van der Waals surface area contributed by atoms with Crippen molar-refractivity contribution in [2.45, 2.75) is 44.6 Å². The number of piperidine rings is 2. The van der Waals surface area contributed by atoms with Gasteiger partial charge >= 0.3 is 0 Å². The van der Waals surface area contributed by atoms with E-state index in [0.717, 1.165) is 0 Å². The molecule has 2 nitrogen and oxygen atoms in total. The fourth-order valence-electron chi connectivity index (χ4n) is 3.16. The highest BCUT2D eigenvalue weighted by atomic mass is 16.3. The Morgan fingerprint density at radius 3 is 2.85 bits per heavy atom. The number of nitrogens with zero attached hydrogens (tertiary/aromatic N) is 1. The fourth-order valence-corrected chi connectivity index (χ4v) is 3.16. The van der Waals surface area contributed by atoms with Gasteiger partial charge < -0.3 is 5.11 Å². The molecule has 0 unspecified atom stereocenters. The zero-order valence-electron chi connectivity index (χ0n) is 8.63. The van der Waals surface area contributed by atoms with Crippen LogP contribution in [0.3, 0.4) is 0 Å². The monoisotopic (exact) mass is 183 g/mol. The minimum absolute atomic E-state index is 0.325. The molecule has 0 aromatic heterocycles. The lowest BCUT2D eigenvalue weighted by Crippen LogP contribution is -2.58. The standard InChI is InChI=1S/C11H21NO/c1-11-6-2-3-7-12(11)8-4-5-10(11)9-13/h10,13H,2-9H2,1H3/t10-,11-/m0/s1. The van der Waals surface area contributed by atoms with Gasteiger partial charge in [-0.05, 0) is 45.7 Å². The van der Waals surface area contributed by atoms with Crippen LogP contribution < -0.4 is 0 Å². The zero-order valence-corrected chi connectivity index (χ0v) is 8.63. The van der Waals surface area contributed by atoms with E-state index in [0.29, 0.717) is 18.1 Å². The minimum Gasteiger partial charge on any atom is -0.396 e. The van der Waals surface area contributed by atoms with Crippen LogP contribution in [-0.2, 0) is 0 Å². The molecule has 2 heteroatoms. The van der Waals surface area contributed by atoms with Gasteiger partial charge in [-0.1, -0.05) is 6.42 Å². The van der Waals surface area contributed by atoms with E-state index >= 15 is 0 Å². The molecule has 2 atom stereocenters. The molecule has 2 fully saturated rings. The van der Waals surface area contributed by atoms with Gasteiger partial charge in [0.05, 0.1) is 0 Å². The number of aliphatic hydroxyl groups excluding tert-OH is 1. The summed E-state index contributed by atoms with van der Waals surface area (Å²) in [5.41, 5.74) is 0.325. The van der Waals surface area contributed by atoms with Crippen LogP contribution in [0.15, 0.2) is 0 Å². The van der Waals surface area contributed by atoms with Crippen molar-refractivity contribution in [2.24, 2.45) is 5.92 Å². The number of fused-ring (bicyclic) bond motifs is 1. The van der Waals surface area contributed by atoms with Crippen molar-refractivity contribution in [3.8, 4) is 0 Å². The lowest BCUT2D eigenvalue weighted by atomic mass is 9.73. The van der Waals surface area contributed by atoms with Crippen LogP contribution in [0.25, 0.3) is 0 Å². The van der Waals surface area contributed by atoms with Crippen LogP contribution in [-0.4, -0.2) is 35.2 Å². The van der Waals surface area contributed by atoms with Crippen LogP contribution in [0, 0.1) is 5.92 Å². The van der Waals surface area contributed by atoms with Crippen molar-refractivity contribution >= 4 is 0 Å². The minimum atomic E-state index is 0.325. The van der Waals surface area contributed by atoms with Crippen molar-refractivity contribution in [1.29, 1.82) is 0 Å². The van der Waals surface area contributed by atoms with Crippen molar-refractivity contribution < 1.29 is 5.11 Å². The summed E-state index contributed by atoms with van der Waals surface area (Å²) in [4.78, 5) is 2.61. The van der Waals surface area contributed by atoms with E-state index in [9.17, 15) is 5.11 Å². The van der Waals surface area contributed by atoms with Gasteiger partial charge in [-0.15, -0.1) is 0 Å². The topological polar surface area (TPSA) is 23.5 Å². The predicted octanol–water partition coefficient (Wildman–Crippen LogP) is 1.63. The molecule has 13 heavy (non-hydrogen) atoms. The molecular weight excluding hydrogens is 162 g/mol. The molecule has 0 aromatic carbocycles. The first-order chi connectivity index (χ1) is 6.27. The molecule has 0 bridgehead atoms. The summed E-state index contributed by atoms with van der Waals surface area (Å²) in [6.07, 6.45) is 6.50. The molecule has 0 radical (unpaired) electrons. The smallest absolute Gasteiger partial charge is 0.0476 e. The molecule has 2 rings (SSSR count). The summed E-state index contributed by atoms with van der Waals surface area (Å²) in [7, 11) is 0. The Hall–Kier alpha value is -0.0800. The zero-order chi connectivity index (χ0) is 9.31. The van der Waals surface area contributed by atoms with Crippen molar-refractivity contribution in [2.75, 3.05) is 19.7 Å². The first-order valence-corrected chi connectivity index (χ1v) is 5.63. The van der Waals surface area contributed by atoms with E-state index in [-0.39, 0.29) is 0 Å². The highest BCUT2D eigenvalue weighted by molar-refractivity contribution is 4.97. The van der Waals surface area contributed by atoms with E-state index in [1.54, 1.807) is 0 Å². The third-order valence-corrected chi connectivity index (χ3v) is 4.16. The number of rotatable bonds is 1. The van der Waals surface area contributed by atoms with Gasteiger partial charge in [0.25, 0.3) is 0 Å². The molecule has 0 aromatic rings. The third-order valence-electron chi connectivity index (χ3n) is 4.16. The Balaban J connectivity index is 2.14. The highest BCUT2D eigenvalue weighted by Gasteiger charge is 2.42. The Kier molecular flexibility index (Phi) is 2.61. The quantitative estimate of drug-likeness (QED) is 0.668. The first kappa shape index (κ1) is 9.47. The molecular formula is C11H21NO. The second-order valence-electron chi connectivity index (χ2n) is 4.82. The summed E-state index contributed by atoms with van der Waals surface area (Å²) >= 11 is 0. The second kappa shape index (κ2) is 3.58. The van der Waals surface area contributed by atoms with E-state index in [2.05, 4.69) is 11.8 Å². The SMILES string of the molecule is C[C@@]12CCCCN1CCC[C@H]2CO. The summed E-state index contributed by atoms with van der Waals surface area (Å²) in [5.74, 6) is 0.529. The largest absolute Gasteiger partial charge is 0.396 e. The number of aliphatic hydroxyl groups is 1. The van der Waals surface area contributed by atoms with Gasteiger partial charge in [0.1, 0.15) is 0 Å². The van der Waals surface area contributed by atoms with Crippen LogP contribution in [0.1, 0.15) is 39.0 Å². The maximum atomic E-state index is 9.37. The first-order valence-electron chi connectivity index (χ1n) is 5.63. The van der Waals surface area contributed by atoms with E-state index in [1.807, 2.05) is 0 Å². The van der Waals surface area contributed by atoms with Crippen LogP contribution in [0.4, 0.5) is 0 Å². The molecule has 0 aliphatic carbocycles. The maximum Gasteiger partial charge on any atom is 0.0476 e. The molecule has 0 spiro atoms. The van der Waals surface area contributed by atoms with Gasteiger partial charge in [0, 0.05) is 18.1 Å². The van der Waals surface area contributed by atoms with Crippen LogP contribution in [0.2, 0.25) is 0 Å². The highest BCUT2D eigenvalue weighted by Crippen LogP contribution is 2.39. The maximum absolute atomic E-state index is 9.37. The number of hydrogen-bond acceptors (Lipinski definition) is 2. The van der Waals surface area contributed by atoms with Gasteiger partial charge in [-0.25, -0.2) is 0 Å². The summed E-state index contributed by atoms with van der Waals surface area (Å²) in [6, 6.07) is 0. The summed E-state index contributed by atoms with van der Waals surface area (Å²) in [5, 5.41) is 9.37. The lowest BCUT2D eigenvalue weighted by Gasteiger charge is -2.52. The van der Waals surface area contributed by atoms with E-state index < -0.39 is 0 Å². The van der Waals surface area contributed by atoms with Gasteiger partial charge in [0.15, 0.2) is 0 Å². The van der Waals surface area contributed by atoms with Crippen LogP contribution in [0.5, 0.6) is 0 Å². The normalized spacial score (nSPS) is 41.5. The molecule has 76 valence electrons. The van der Waals surface area contributed by atoms with Gasteiger partial charge in [0.2, 0.25) is 0 Å². The van der Waals surface area contributed by atoms with Crippen molar-refractivity contribution in [3.05, 3.63) is 0 Å². The summed E-state index contributed by atoms with van der Waals surface area (Å²) in [6.45, 7) is 5.25. The average Bonchev–Trinajstić information content (AvgIpc) is 2.16.